The normalized spacial score (nSPS) is 19.2. The lowest BCUT2D eigenvalue weighted by Gasteiger charge is -2.19. The lowest BCUT2D eigenvalue weighted by Crippen LogP contribution is -2.33. The van der Waals surface area contributed by atoms with Crippen molar-refractivity contribution in [3.63, 3.8) is 0 Å². The molecule has 1 atom stereocenters. The molecule has 1 N–H and O–H groups in total. The predicted octanol–water partition coefficient (Wildman–Crippen LogP) is 3.31. The summed E-state index contributed by atoms with van der Waals surface area (Å²) in [5.74, 6) is 0. The van der Waals surface area contributed by atoms with Gasteiger partial charge in [-0.15, -0.1) is 0 Å². The molecule has 1 heterocycles. The Morgan fingerprint density at radius 2 is 1.89 bits per heavy atom. The summed E-state index contributed by atoms with van der Waals surface area (Å²) in [7, 11) is 0. The van der Waals surface area contributed by atoms with E-state index in [9.17, 15) is 4.79 Å². The lowest BCUT2D eigenvalue weighted by molar-refractivity contribution is 0.206. The minimum Gasteiger partial charge on any atom is -0.329 e. The van der Waals surface area contributed by atoms with Gasteiger partial charge in [-0.3, -0.25) is 0 Å². The van der Waals surface area contributed by atoms with Gasteiger partial charge in [0, 0.05) is 12.6 Å². The Kier molecular flexibility index (Phi) is 2.90. The van der Waals surface area contributed by atoms with Crippen molar-refractivity contribution in [2.24, 2.45) is 0 Å². The van der Waals surface area contributed by atoms with Crippen LogP contribution < -0.4 is 5.32 Å². The number of nitrogens with zero attached hydrogens (tertiary/aromatic N) is 1. The molecule has 1 fully saturated rings. The van der Waals surface area contributed by atoms with Crippen molar-refractivity contribution in [1.82, 2.24) is 10.2 Å². The third-order valence-corrected chi connectivity index (χ3v) is 3.74. The second kappa shape index (κ2) is 4.57. The summed E-state index contributed by atoms with van der Waals surface area (Å²) in [5.41, 5.74) is 1.18. The third-order valence-electron chi connectivity index (χ3n) is 3.74. The first kappa shape index (κ1) is 12.0. The Hall–Kier alpha value is -2.03. The molecular formula is C16H18N2O. The number of amides is 2. The molecule has 3 heteroatoms. The first-order chi connectivity index (χ1) is 9.15. The van der Waals surface area contributed by atoms with Crippen molar-refractivity contribution in [3.05, 3.63) is 48.0 Å². The van der Waals surface area contributed by atoms with Gasteiger partial charge in [0.15, 0.2) is 0 Å². The fraction of sp³-hybridized carbons (Fsp3) is 0.312. The maximum Gasteiger partial charge on any atom is 0.318 e. The first-order valence-corrected chi connectivity index (χ1v) is 6.71. The van der Waals surface area contributed by atoms with Gasteiger partial charge >= 0.3 is 6.03 Å². The van der Waals surface area contributed by atoms with Crippen molar-refractivity contribution < 1.29 is 4.79 Å². The molecule has 19 heavy (non-hydrogen) atoms. The Balaban J connectivity index is 1.91. The van der Waals surface area contributed by atoms with E-state index >= 15 is 0 Å². The largest absolute Gasteiger partial charge is 0.329 e. The second-order valence-corrected chi connectivity index (χ2v) is 5.35. The Morgan fingerprint density at radius 1 is 1.16 bits per heavy atom. The van der Waals surface area contributed by atoms with Gasteiger partial charge in [0.05, 0.1) is 6.04 Å². The summed E-state index contributed by atoms with van der Waals surface area (Å²) in [4.78, 5) is 13.8. The summed E-state index contributed by atoms with van der Waals surface area (Å²) in [6.07, 6.45) is 0. The molecular weight excluding hydrogens is 236 g/mol. The molecule has 3 rings (SSSR count). The summed E-state index contributed by atoms with van der Waals surface area (Å²) >= 11 is 0. The van der Waals surface area contributed by atoms with Crippen LogP contribution in [0.5, 0.6) is 0 Å². The van der Waals surface area contributed by atoms with Crippen LogP contribution >= 0.6 is 0 Å². The maximum absolute atomic E-state index is 11.9. The average Bonchev–Trinajstić information content (AvgIpc) is 2.80. The molecule has 2 amide bonds. The van der Waals surface area contributed by atoms with Gasteiger partial charge in [0.2, 0.25) is 0 Å². The Bertz CT molecular complexity index is 621. The van der Waals surface area contributed by atoms with Crippen LogP contribution in [0.3, 0.4) is 0 Å². The molecule has 3 nitrogen and oxygen atoms in total. The average molecular weight is 254 g/mol. The zero-order chi connectivity index (χ0) is 13.4. The number of hydrogen-bond acceptors (Lipinski definition) is 1. The van der Waals surface area contributed by atoms with E-state index < -0.39 is 0 Å². The molecule has 0 saturated carbocycles. The minimum absolute atomic E-state index is 0.0353. The summed E-state index contributed by atoms with van der Waals surface area (Å²) in [6.45, 7) is 4.83. The number of urea groups is 1. The highest BCUT2D eigenvalue weighted by Gasteiger charge is 2.31. The zero-order valence-electron chi connectivity index (χ0n) is 11.3. The van der Waals surface area contributed by atoms with Gasteiger partial charge in [-0.1, -0.05) is 36.4 Å². The number of carbonyl (C=O) groups excluding carboxylic acids is 1. The number of benzene rings is 2. The zero-order valence-corrected chi connectivity index (χ0v) is 11.3. The van der Waals surface area contributed by atoms with Crippen LogP contribution in [0.2, 0.25) is 0 Å². The molecule has 0 aliphatic carbocycles. The minimum atomic E-state index is 0.0353. The van der Waals surface area contributed by atoms with Crippen LogP contribution in [0.15, 0.2) is 42.5 Å². The van der Waals surface area contributed by atoms with Gasteiger partial charge in [-0.05, 0) is 36.2 Å². The topological polar surface area (TPSA) is 32.3 Å². The van der Waals surface area contributed by atoms with Crippen LogP contribution in [0.25, 0.3) is 10.8 Å². The van der Waals surface area contributed by atoms with E-state index in [1.807, 2.05) is 30.9 Å². The number of nitrogens with one attached hydrogen (secondary N) is 1. The van der Waals surface area contributed by atoms with Crippen LogP contribution in [0.4, 0.5) is 4.79 Å². The molecule has 98 valence electrons. The smallest absolute Gasteiger partial charge is 0.318 e. The number of fused-ring (bicyclic) bond motifs is 1. The summed E-state index contributed by atoms with van der Waals surface area (Å²) in [5, 5.41) is 5.51. The van der Waals surface area contributed by atoms with Crippen molar-refractivity contribution in [2.45, 2.75) is 25.9 Å². The van der Waals surface area contributed by atoms with E-state index in [0.717, 1.165) is 6.54 Å². The van der Waals surface area contributed by atoms with E-state index in [4.69, 9.17) is 0 Å². The quantitative estimate of drug-likeness (QED) is 0.876. The fourth-order valence-corrected chi connectivity index (χ4v) is 2.62. The van der Waals surface area contributed by atoms with Crippen LogP contribution in [-0.2, 0) is 0 Å². The van der Waals surface area contributed by atoms with E-state index in [0.29, 0.717) is 0 Å². The molecule has 1 aliphatic rings. The monoisotopic (exact) mass is 254 g/mol. The number of rotatable bonds is 2. The van der Waals surface area contributed by atoms with Gasteiger partial charge in [-0.2, -0.15) is 0 Å². The van der Waals surface area contributed by atoms with Crippen molar-refractivity contribution >= 4 is 16.8 Å². The lowest BCUT2D eigenvalue weighted by atomic mass is 10.0. The highest BCUT2D eigenvalue weighted by molar-refractivity contribution is 5.84. The van der Waals surface area contributed by atoms with Crippen molar-refractivity contribution in [2.75, 3.05) is 6.54 Å². The molecule has 2 aromatic carbocycles. The highest BCUT2D eigenvalue weighted by atomic mass is 16.2. The van der Waals surface area contributed by atoms with Gasteiger partial charge in [0.1, 0.15) is 0 Å². The van der Waals surface area contributed by atoms with E-state index in [-0.39, 0.29) is 18.1 Å². The third kappa shape index (κ3) is 2.16. The van der Waals surface area contributed by atoms with Crippen LogP contribution in [0, 0.1) is 0 Å². The van der Waals surface area contributed by atoms with Crippen molar-refractivity contribution in [3.8, 4) is 0 Å². The Labute approximate surface area is 113 Å². The molecule has 0 bridgehead atoms. The first-order valence-electron chi connectivity index (χ1n) is 6.71. The highest BCUT2D eigenvalue weighted by Crippen LogP contribution is 2.25. The predicted molar refractivity (Wildman–Crippen MR) is 77.1 cm³/mol. The molecule has 0 aromatic heterocycles. The molecule has 2 aromatic rings. The van der Waals surface area contributed by atoms with Gasteiger partial charge < -0.3 is 10.2 Å². The van der Waals surface area contributed by atoms with Crippen LogP contribution in [0.1, 0.15) is 25.5 Å². The van der Waals surface area contributed by atoms with Gasteiger partial charge in [0.25, 0.3) is 0 Å². The van der Waals surface area contributed by atoms with E-state index in [1.165, 1.54) is 16.3 Å². The standard InChI is InChI=1S/C16H18N2O/c1-11(2)18-10-15(17-16(18)19)14-8-7-12-5-3-4-6-13(12)9-14/h3-9,11,15H,10H2,1-2H3,(H,17,19). The van der Waals surface area contributed by atoms with Gasteiger partial charge in [-0.25, -0.2) is 4.79 Å². The van der Waals surface area contributed by atoms with Crippen LogP contribution in [-0.4, -0.2) is 23.5 Å². The molecule has 1 unspecified atom stereocenters. The number of hydrogen-bond donors (Lipinski definition) is 1. The van der Waals surface area contributed by atoms with Crippen molar-refractivity contribution in [1.29, 1.82) is 0 Å². The number of carbonyl (C=O) groups is 1. The molecule has 1 aliphatic heterocycles. The molecule has 0 spiro atoms. The second-order valence-electron chi connectivity index (χ2n) is 5.35. The molecule has 0 radical (unpaired) electrons. The van der Waals surface area contributed by atoms with E-state index in [1.54, 1.807) is 0 Å². The maximum atomic E-state index is 11.9. The van der Waals surface area contributed by atoms with E-state index in [2.05, 4.69) is 35.6 Å². The fourth-order valence-electron chi connectivity index (χ4n) is 2.62. The summed E-state index contributed by atoms with van der Waals surface area (Å²) < 4.78 is 0. The Morgan fingerprint density at radius 3 is 2.58 bits per heavy atom. The summed E-state index contributed by atoms with van der Waals surface area (Å²) in [6, 6.07) is 15.1. The SMILES string of the molecule is CC(C)N1CC(c2ccc3ccccc3c2)NC1=O. The molecule has 1 saturated heterocycles.